The molecule has 2 N–H and O–H groups in total. The van der Waals surface area contributed by atoms with Gasteiger partial charge in [-0.15, -0.1) is 0 Å². The molecular weight excluding hydrogens is 449 g/mol. The van der Waals surface area contributed by atoms with E-state index in [0.29, 0.717) is 32.0 Å². The number of hydrogen-bond acceptors (Lipinski definition) is 6. The summed E-state index contributed by atoms with van der Waals surface area (Å²) in [5.41, 5.74) is -0.0156. The number of alkyl halides is 3. The van der Waals surface area contributed by atoms with Gasteiger partial charge < -0.3 is 15.0 Å². The molecule has 1 fully saturated rings. The minimum Gasteiger partial charge on any atom is -0.378 e. The fourth-order valence-corrected chi connectivity index (χ4v) is 3.43. The number of rotatable bonds is 4. The molecule has 0 aromatic heterocycles. The van der Waals surface area contributed by atoms with E-state index in [1.165, 1.54) is 31.2 Å². The van der Waals surface area contributed by atoms with Crippen LogP contribution in [0.5, 0.6) is 0 Å². The smallest absolute Gasteiger partial charge is 0.378 e. The van der Waals surface area contributed by atoms with Gasteiger partial charge in [0, 0.05) is 30.3 Å². The molecule has 32 heavy (non-hydrogen) atoms. The molecule has 8 nitrogen and oxygen atoms in total. The van der Waals surface area contributed by atoms with Gasteiger partial charge in [-0.05, 0) is 49.5 Å². The van der Waals surface area contributed by atoms with Crippen molar-refractivity contribution >= 4 is 40.3 Å². The van der Waals surface area contributed by atoms with Crippen molar-refractivity contribution in [3.05, 3.63) is 63.2 Å². The van der Waals surface area contributed by atoms with Gasteiger partial charge in [-0.2, -0.15) is 13.2 Å². The molecule has 1 aliphatic heterocycles. The summed E-state index contributed by atoms with van der Waals surface area (Å²) in [6.45, 7) is 3.33. The lowest BCUT2D eigenvalue weighted by Crippen LogP contribution is -2.38. The molecule has 170 valence electrons. The number of halogens is 3. The molecule has 0 atom stereocenters. The Hall–Kier alpha value is -3.25. The van der Waals surface area contributed by atoms with Crippen molar-refractivity contribution in [3.8, 4) is 0 Å². The number of hydrogen-bond donors (Lipinski definition) is 2. The van der Waals surface area contributed by atoms with E-state index in [4.69, 9.17) is 17.0 Å². The summed E-state index contributed by atoms with van der Waals surface area (Å²) in [5, 5.41) is 15.8. The molecule has 2 aromatic rings. The largest absolute Gasteiger partial charge is 0.416 e. The van der Waals surface area contributed by atoms with E-state index in [0.717, 1.165) is 12.1 Å². The van der Waals surface area contributed by atoms with E-state index in [9.17, 15) is 28.1 Å². The normalized spacial score (nSPS) is 14.1. The van der Waals surface area contributed by atoms with E-state index >= 15 is 0 Å². The average Bonchev–Trinajstić information content (AvgIpc) is 2.73. The maximum Gasteiger partial charge on any atom is 0.416 e. The van der Waals surface area contributed by atoms with Gasteiger partial charge in [0.2, 0.25) is 0 Å². The number of thiocarbonyl (C=S) groups is 1. The summed E-state index contributed by atoms with van der Waals surface area (Å²) < 4.78 is 45.0. The molecule has 0 saturated carbocycles. The highest BCUT2D eigenvalue weighted by molar-refractivity contribution is 7.80. The van der Waals surface area contributed by atoms with Gasteiger partial charge in [0.1, 0.15) is 0 Å². The van der Waals surface area contributed by atoms with Crippen LogP contribution in [0, 0.1) is 17.0 Å². The van der Waals surface area contributed by atoms with Crippen LogP contribution < -0.4 is 15.5 Å². The Morgan fingerprint density at radius 2 is 1.88 bits per heavy atom. The molecule has 0 bridgehead atoms. The van der Waals surface area contributed by atoms with Crippen LogP contribution in [0.2, 0.25) is 0 Å². The van der Waals surface area contributed by atoms with Gasteiger partial charge in [0.15, 0.2) is 5.11 Å². The summed E-state index contributed by atoms with van der Waals surface area (Å²) >= 11 is 5.13. The van der Waals surface area contributed by atoms with Crippen LogP contribution in [0.4, 0.5) is 30.2 Å². The van der Waals surface area contributed by atoms with Crippen LogP contribution in [0.3, 0.4) is 0 Å². The third-order valence-corrected chi connectivity index (χ3v) is 5.01. The van der Waals surface area contributed by atoms with Crippen LogP contribution in [0.15, 0.2) is 36.4 Å². The summed E-state index contributed by atoms with van der Waals surface area (Å²) in [4.78, 5) is 24.7. The number of nitro groups is 1. The maximum atomic E-state index is 13.2. The van der Waals surface area contributed by atoms with Crippen LogP contribution in [-0.2, 0) is 10.9 Å². The monoisotopic (exact) mass is 468 g/mol. The van der Waals surface area contributed by atoms with Crippen molar-refractivity contribution in [2.45, 2.75) is 13.1 Å². The third-order valence-electron chi connectivity index (χ3n) is 4.81. The second-order valence-electron chi connectivity index (χ2n) is 7.00. The Labute approximate surface area is 186 Å². The molecular formula is C20H19F3N4O4S. The molecule has 0 radical (unpaired) electrons. The molecule has 0 unspecified atom stereocenters. The third kappa shape index (κ3) is 5.51. The topological polar surface area (TPSA) is 96.7 Å². The first-order valence-electron chi connectivity index (χ1n) is 9.47. The maximum absolute atomic E-state index is 13.2. The second-order valence-corrected chi connectivity index (χ2v) is 7.40. The zero-order chi connectivity index (χ0) is 23.5. The Bertz CT molecular complexity index is 1060. The minimum atomic E-state index is -4.55. The lowest BCUT2D eigenvalue weighted by Gasteiger charge is -2.31. The number of benzene rings is 2. The fourth-order valence-electron chi connectivity index (χ4n) is 3.22. The zero-order valence-corrected chi connectivity index (χ0v) is 17.7. The Balaban J connectivity index is 1.80. The Kier molecular flexibility index (Phi) is 6.94. The van der Waals surface area contributed by atoms with E-state index in [2.05, 4.69) is 10.6 Å². The highest BCUT2D eigenvalue weighted by atomic mass is 32.1. The minimum absolute atomic E-state index is 0.0897. The second kappa shape index (κ2) is 9.49. The summed E-state index contributed by atoms with van der Waals surface area (Å²) in [5.74, 6) is -0.652. The molecule has 0 aliphatic carbocycles. The number of nitro benzene ring substituents is 1. The van der Waals surface area contributed by atoms with Gasteiger partial charge in [0.05, 0.1) is 35.1 Å². The number of nitrogens with zero attached hydrogens (tertiary/aromatic N) is 2. The van der Waals surface area contributed by atoms with E-state index in [1.807, 2.05) is 4.90 Å². The van der Waals surface area contributed by atoms with Gasteiger partial charge in [-0.25, -0.2) is 0 Å². The molecule has 1 saturated heterocycles. The first-order chi connectivity index (χ1) is 15.1. The van der Waals surface area contributed by atoms with Crippen molar-refractivity contribution in [1.82, 2.24) is 5.32 Å². The number of carbonyl (C=O) groups excluding carboxylic acids is 1. The number of ether oxygens (including phenoxy) is 1. The molecule has 2 aromatic carbocycles. The number of nitrogens with one attached hydrogen (secondary N) is 2. The number of aryl methyl sites for hydroxylation is 1. The molecule has 12 heteroatoms. The average molecular weight is 468 g/mol. The Morgan fingerprint density at radius 3 is 2.47 bits per heavy atom. The van der Waals surface area contributed by atoms with Gasteiger partial charge in [-0.3, -0.25) is 20.2 Å². The first-order valence-corrected chi connectivity index (χ1v) is 9.88. The predicted molar refractivity (Wildman–Crippen MR) is 116 cm³/mol. The number of anilines is 2. The van der Waals surface area contributed by atoms with E-state index < -0.39 is 22.6 Å². The van der Waals surface area contributed by atoms with Crippen LogP contribution in [-0.4, -0.2) is 42.2 Å². The summed E-state index contributed by atoms with van der Waals surface area (Å²) in [6.07, 6.45) is -4.55. The van der Waals surface area contributed by atoms with Crippen molar-refractivity contribution < 1.29 is 27.6 Å². The van der Waals surface area contributed by atoms with Gasteiger partial charge in [0.25, 0.3) is 11.6 Å². The fraction of sp³-hybridized carbons (Fsp3) is 0.300. The first kappa shape index (κ1) is 23.4. The summed E-state index contributed by atoms with van der Waals surface area (Å²) in [7, 11) is 0. The standard InChI is InChI=1S/C20H19F3N4O4S/c1-12-10-13(2-4-16(12)27(29)30)18(28)25-19(32)24-15-11-14(20(21,22)23)3-5-17(15)26-6-8-31-9-7-26/h2-5,10-11H,6-9H2,1H3,(H2,24,25,28,32). The quantitative estimate of drug-likeness (QED) is 0.399. The molecule has 0 spiro atoms. The number of morpholine rings is 1. The highest BCUT2D eigenvalue weighted by Gasteiger charge is 2.32. The van der Waals surface area contributed by atoms with Gasteiger partial charge in [-0.1, -0.05) is 0 Å². The lowest BCUT2D eigenvalue weighted by molar-refractivity contribution is -0.385. The highest BCUT2D eigenvalue weighted by Crippen LogP contribution is 2.35. The lowest BCUT2D eigenvalue weighted by atomic mass is 10.1. The van der Waals surface area contributed by atoms with E-state index in [1.54, 1.807) is 0 Å². The Morgan fingerprint density at radius 1 is 1.19 bits per heavy atom. The molecule has 1 amide bonds. The molecule has 3 rings (SSSR count). The predicted octanol–water partition coefficient (Wildman–Crippen LogP) is 3.89. The molecule has 1 heterocycles. The number of carbonyl (C=O) groups is 1. The van der Waals surface area contributed by atoms with Gasteiger partial charge >= 0.3 is 6.18 Å². The van der Waals surface area contributed by atoms with Crippen LogP contribution in [0.25, 0.3) is 0 Å². The zero-order valence-electron chi connectivity index (χ0n) is 16.9. The van der Waals surface area contributed by atoms with Crippen LogP contribution in [0.1, 0.15) is 21.5 Å². The number of amides is 1. The SMILES string of the molecule is Cc1cc(C(=O)NC(=S)Nc2cc(C(F)(F)F)ccc2N2CCOCC2)ccc1[N+](=O)[O-]. The van der Waals surface area contributed by atoms with Crippen molar-refractivity contribution in [1.29, 1.82) is 0 Å². The van der Waals surface area contributed by atoms with Crippen molar-refractivity contribution in [3.63, 3.8) is 0 Å². The molecule has 1 aliphatic rings. The van der Waals surface area contributed by atoms with Crippen molar-refractivity contribution in [2.75, 3.05) is 36.5 Å². The summed E-state index contributed by atoms with van der Waals surface area (Å²) in [6, 6.07) is 7.06. The van der Waals surface area contributed by atoms with Crippen LogP contribution >= 0.6 is 12.2 Å². The van der Waals surface area contributed by atoms with E-state index in [-0.39, 0.29) is 27.6 Å². The van der Waals surface area contributed by atoms with Crippen molar-refractivity contribution in [2.24, 2.45) is 0 Å².